The van der Waals surface area contributed by atoms with Crippen molar-refractivity contribution in [3.8, 4) is 5.75 Å². The second-order valence-corrected chi connectivity index (χ2v) is 8.60. The number of aryl methyl sites for hydroxylation is 3. The molecule has 1 amide bonds. The molecule has 0 aliphatic rings. The van der Waals surface area contributed by atoms with Gasteiger partial charge in [-0.15, -0.1) is 0 Å². The highest BCUT2D eigenvalue weighted by molar-refractivity contribution is 7.92. The highest BCUT2D eigenvalue weighted by atomic mass is 32.2. The van der Waals surface area contributed by atoms with Gasteiger partial charge in [0.1, 0.15) is 18.9 Å². The summed E-state index contributed by atoms with van der Waals surface area (Å²) in [5.41, 5.74) is 3.70. The van der Waals surface area contributed by atoms with Crippen LogP contribution in [0.3, 0.4) is 0 Å². The number of benzene rings is 2. The molecular weight excluding hydrogens is 376 g/mol. The monoisotopic (exact) mass is 402 g/mol. The van der Waals surface area contributed by atoms with Crippen molar-refractivity contribution in [2.24, 2.45) is 0 Å². The molecule has 2 aromatic rings. The van der Waals surface area contributed by atoms with E-state index in [1.54, 1.807) is 30.3 Å². The van der Waals surface area contributed by atoms with Gasteiger partial charge in [-0.2, -0.15) is 0 Å². The normalized spacial score (nSPS) is 11.0. The van der Waals surface area contributed by atoms with Crippen LogP contribution in [0.5, 0.6) is 5.75 Å². The Bertz CT molecular complexity index is 961. The molecule has 6 nitrogen and oxygen atoms in total. The van der Waals surface area contributed by atoms with Crippen molar-refractivity contribution in [1.29, 1.82) is 0 Å². The molecule has 0 spiro atoms. The first-order valence-corrected chi connectivity index (χ1v) is 10.7. The molecule has 1 N–H and O–H groups in total. The van der Waals surface area contributed by atoms with Crippen molar-refractivity contribution in [3.63, 3.8) is 0 Å². The van der Waals surface area contributed by atoms with E-state index in [9.17, 15) is 13.2 Å². The molecule has 0 unspecified atom stereocenters. The Hall–Kier alpha value is -2.80. The zero-order valence-electron chi connectivity index (χ0n) is 16.7. The summed E-state index contributed by atoms with van der Waals surface area (Å²) in [5, 5.41) is 2.73. The third kappa shape index (κ3) is 5.60. The largest absolute Gasteiger partial charge is 0.489 e. The average Bonchev–Trinajstić information content (AvgIpc) is 2.57. The van der Waals surface area contributed by atoms with Crippen LogP contribution in [0.1, 0.15) is 16.7 Å². The van der Waals surface area contributed by atoms with Crippen LogP contribution in [0.2, 0.25) is 0 Å². The van der Waals surface area contributed by atoms with E-state index in [0.717, 1.165) is 27.3 Å². The first-order valence-electron chi connectivity index (χ1n) is 8.81. The van der Waals surface area contributed by atoms with Gasteiger partial charge < -0.3 is 10.1 Å². The van der Waals surface area contributed by atoms with Gasteiger partial charge in [0.25, 0.3) is 0 Å². The number of rotatable bonds is 8. The van der Waals surface area contributed by atoms with Crippen molar-refractivity contribution in [3.05, 3.63) is 65.7 Å². The summed E-state index contributed by atoms with van der Waals surface area (Å²) in [7, 11) is -3.65. The van der Waals surface area contributed by atoms with Gasteiger partial charge in [-0.25, -0.2) is 8.42 Å². The molecule has 0 saturated carbocycles. The lowest BCUT2D eigenvalue weighted by atomic mass is 10.1. The van der Waals surface area contributed by atoms with Crippen LogP contribution in [0.4, 0.5) is 11.4 Å². The van der Waals surface area contributed by atoms with Gasteiger partial charge in [0.15, 0.2) is 0 Å². The first kappa shape index (κ1) is 21.5. The van der Waals surface area contributed by atoms with Crippen LogP contribution < -0.4 is 14.4 Å². The maximum absolute atomic E-state index is 12.6. The highest BCUT2D eigenvalue weighted by Gasteiger charge is 2.24. The molecule has 0 aromatic heterocycles. The number of hydrogen-bond acceptors (Lipinski definition) is 4. The average molecular weight is 403 g/mol. The predicted molar refractivity (Wildman–Crippen MR) is 114 cm³/mol. The van der Waals surface area contributed by atoms with E-state index in [1.165, 1.54) is 0 Å². The van der Waals surface area contributed by atoms with Crippen LogP contribution in [0.25, 0.3) is 0 Å². The van der Waals surface area contributed by atoms with Gasteiger partial charge in [0.2, 0.25) is 15.9 Å². The number of hydrogen-bond donors (Lipinski definition) is 1. The zero-order valence-corrected chi connectivity index (χ0v) is 17.5. The molecule has 0 heterocycles. The molecule has 0 bridgehead atoms. The third-order valence-electron chi connectivity index (χ3n) is 4.06. The molecule has 7 heteroatoms. The molecule has 0 saturated heterocycles. The van der Waals surface area contributed by atoms with Gasteiger partial charge in [0.05, 0.1) is 11.9 Å². The predicted octanol–water partition coefficient (Wildman–Crippen LogP) is 3.58. The van der Waals surface area contributed by atoms with E-state index in [1.807, 2.05) is 32.9 Å². The van der Waals surface area contributed by atoms with Crippen LogP contribution in [0, 0.1) is 20.8 Å². The van der Waals surface area contributed by atoms with Crippen LogP contribution in [0.15, 0.2) is 49.1 Å². The first-order chi connectivity index (χ1) is 13.1. The lowest BCUT2D eigenvalue weighted by Crippen LogP contribution is -2.38. The minimum Gasteiger partial charge on any atom is -0.489 e. The highest BCUT2D eigenvalue weighted by Crippen LogP contribution is 2.28. The summed E-state index contributed by atoms with van der Waals surface area (Å²) >= 11 is 0. The Kier molecular flexibility index (Phi) is 6.85. The van der Waals surface area contributed by atoms with Crippen molar-refractivity contribution in [1.82, 2.24) is 0 Å². The summed E-state index contributed by atoms with van der Waals surface area (Å²) in [6.45, 7) is 9.25. The number of amides is 1. The van der Waals surface area contributed by atoms with E-state index in [2.05, 4.69) is 11.9 Å². The van der Waals surface area contributed by atoms with Gasteiger partial charge >= 0.3 is 0 Å². The summed E-state index contributed by atoms with van der Waals surface area (Å²) in [5.74, 6) is 0.147. The van der Waals surface area contributed by atoms with E-state index in [0.29, 0.717) is 23.7 Å². The maximum Gasteiger partial charge on any atom is 0.245 e. The van der Waals surface area contributed by atoms with Crippen LogP contribution in [-0.2, 0) is 14.8 Å². The second kappa shape index (κ2) is 8.93. The molecule has 28 heavy (non-hydrogen) atoms. The standard InChI is InChI=1S/C21H26N2O4S/c1-6-10-27-19-9-7-8-18(13-19)22-20(24)14-23(28(5,25)26)21-16(3)11-15(2)12-17(21)4/h6-9,11-13H,1,10,14H2,2-5H3,(H,22,24). The van der Waals surface area contributed by atoms with Crippen molar-refractivity contribution < 1.29 is 17.9 Å². The van der Waals surface area contributed by atoms with Gasteiger partial charge in [-0.3, -0.25) is 9.10 Å². The fraction of sp³-hybridized carbons (Fsp3) is 0.286. The summed E-state index contributed by atoms with van der Waals surface area (Å²) in [4.78, 5) is 12.6. The number of ether oxygens (including phenoxy) is 1. The number of carbonyl (C=O) groups excluding carboxylic acids is 1. The summed E-state index contributed by atoms with van der Waals surface area (Å²) < 4.78 is 31.4. The summed E-state index contributed by atoms with van der Waals surface area (Å²) in [6, 6.07) is 10.7. The Morgan fingerprint density at radius 2 is 1.82 bits per heavy atom. The summed E-state index contributed by atoms with van der Waals surface area (Å²) in [6.07, 6.45) is 2.73. The SMILES string of the molecule is C=CCOc1cccc(NC(=O)CN(c2c(C)cc(C)cc2C)S(C)(=O)=O)c1. The lowest BCUT2D eigenvalue weighted by molar-refractivity contribution is -0.114. The smallest absolute Gasteiger partial charge is 0.245 e. The quantitative estimate of drug-likeness (QED) is 0.685. The molecule has 0 atom stereocenters. The molecule has 0 aliphatic heterocycles. The van der Waals surface area contributed by atoms with Gasteiger partial charge in [-0.05, 0) is 44.0 Å². The molecular formula is C21H26N2O4S. The Balaban J connectivity index is 2.25. The second-order valence-electron chi connectivity index (χ2n) is 6.69. The van der Waals surface area contributed by atoms with E-state index in [4.69, 9.17) is 4.74 Å². The van der Waals surface area contributed by atoms with Crippen molar-refractivity contribution >= 4 is 27.3 Å². The maximum atomic E-state index is 12.6. The third-order valence-corrected chi connectivity index (χ3v) is 5.17. The Labute approximate surface area is 166 Å². The van der Waals surface area contributed by atoms with E-state index >= 15 is 0 Å². The molecule has 2 rings (SSSR count). The van der Waals surface area contributed by atoms with Crippen LogP contribution >= 0.6 is 0 Å². The number of anilines is 2. The van der Waals surface area contributed by atoms with Crippen molar-refractivity contribution in [2.45, 2.75) is 20.8 Å². The number of carbonyl (C=O) groups is 1. The fourth-order valence-electron chi connectivity index (χ4n) is 3.08. The van der Waals surface area contributed by atoms with Crippen LogP contribution in [-0.4, -0.2) is 33.7 Å². The molecule has 150 valence electrons. The topological polar surface area (TPSA) is 75.7 Å². The zero-order chi connectivity index (χ0) is 20.9. The Morgan fingerprint density at radius 1 is 1.18 bits per heavy atom. The number of nitrogens with one attached hydrogen (secondary N) is 1. The lowest BCUT2D eigenvalue weighted by Gasteiger charge is -2.26. The molecule has 0 fully saturated rings. The van der Waals surface area contributed by atoms with Crippen molar-refractivity contribution in [2.75, 3.05) is 29.0 Å². The molecule has 2 aromatic carbocycles. The van der Waals surface area contributed by atoms with Gasteiger partial charge in [0, 0.05) is 11.8 Å². The van der Waals surface area contributed by atoms with Gasteiger partial charge in [-0.1, -0.05) is 36.4 Å². The molecule has 0 radical (unpaired) electrons. The van der Waals surface area contributed by atoms with E-state index < -0.39 is 15.9 Å². The fourth-order valence-corrected chi connectivity index (χ4v) is 4.05. The minimum atomic E-state index is -3.65. The molecule has 0 aliphatic carbocycles. The Morgan fingerprint density at radius 3 is 2.39 bits per heavy atom. The minimum absolute atomic E-state index is 0.318. The number of sulfonamides is 1. The van der Waals surface area contributed by atoms with E-state index in [-0.39, 0.29) is 6.54 Å². The number of nitrogens with zero attached hydrogens (tertiary/aromatic N) is 1.